The molecule has 1 aliphatic carbocycles. The highest BCUT2D eigenvalue weighted by Gasteiger charge is 2.56. The monoisotopic (exact) mass is 304 g/mol. The van der Waals surface area contributed by atoms with Gasteiger partial charge in [-0.05, 0) is 72.1 Å². The molecule has 0 amide bonds. The van der Waals surface area contributed by atoms with Crippen molar-refractivity contribution in [3.05, 3.63) is 35.5 Å². The third-order valence-corrected chi connectivity index (χ3v) is 5.43. The molecule has 0 spiro atoms. The van der Waals surface area contributed by atoms with Crippen molar-refractivity contribution in [1.29, 1.82) is 0 Å². The van der Waals surface area contributed by atoms with Gasteiger partial charge in [0.25, 0.3) is 0 Å². The van der Waals surface area contributed by atoms with E-state index in [1.807, 2.05) is 0 Å². The minimum atomic E-state index is -0.403. The van der Waals surface area contributed by atoms with Gasteiger partial charge in [-0.2, -0.15) is 0 Å². The van der Waals surface area contributed by atoms with Gasteiger partial charge in [-0.1, -0.05) is 35.5 Å². The highest BCUT2D eigenvalue weighted by atomic mass is 16.6. The number of ether oxygens (including phenoxy) is 1. The van der Waals surface area contributed by atoms with Gasteiger partial charge in [0.1, 0.15) is 5.60 Å². The Balaban J connectivity index is 2.13. The molecule has 0 aromatic carbocycles. The van der Waals surface area contributed by atoms with Gasteiger partial charge in [0.2, 0.25) is 0 Å². The van der Waals surface area contributed by atoms with Gasteiger partial charge in [-0.15, -0.1) is 0 Å². The third kappa shape index (κ3) is 4.33. The quantitative estimate of drug-likeness (QED) is 0.549. The van der Waals surface area contributed by atoms with Crippen LogP contribution in [0, 0.1) is 5.92 Å². The first-order valence-corrected chi connectivity index (χ1v) is 8.65. The predicted octanol–water partition coefficient (Wildman–Crippen LogP) is 4.94. The lowest BCUT2D eigenvalue weighted by Crippen LogP contribution is -2.31. The summed E-state index contributed by atoms with van der Waals surface area (Å²) in [7, 11) is 0. The molecule has 0 bridgehead atoms. The van der Waals surface area contributed by atoms with Crippen molar-refractivity contribution in [3.63, 3.8) is 0 Å². The second-order valence-electron chi connectivity index (χ2n) is 7.50. The Morgan fingerprint density at radius 2 is 1.95 bits per heavy atom. The van der Waals surface area contributed by atoms with Crippen molar-refractivity contribution in [1.82, 2.24) is 0 Å². The van der Waals surface area contributed by atoms with Crippen LogP contribution < -0.4 is 0 Å². The maximum atomic E-state index is 10.6. The smallest absolute Gasteiger partial charge is 0.118 e. The number of hydrogen-bond acceptors (Lipinski definition) is 2. The molecule has 4 atom stereocenters. The van der Waals surface area contributed by atoms with Crippen LogP contribution in [0.2, 0.25) is 0 Å². The molecule has 0 radical (unpaired) electrons. The molecule has 2 heteroatoms. The highest BCUT2D eigenvalue weighted by molar-refractivity contribution is 5.12. The van der Waals surface area contributed by atoms with Crippen LogP contribution in [0.1, 0.15) is 66.2 Å². The third-order valence-electron chi connectivity index (χ3n) is 5.43. The summed E-state index contributed by atoms with van der Waals surface area (Å²) < 4.78 is 5.87. The van der Waals surface area contributed by atoms with E-state index in [2.05, 4.69) is 46.4 Å². The van der Waals surface area contributed by atoms with E-state index in [0.29, 0.717) is 5.92 Å². The lowest BCUT2D eigenvalue weighted by atomic mass is 9.85. The molecule has 0 unspecified atom stereocenters. The first-order valence-electron chi connectivity index (χ1n) is 8.65. The number of aliphatic hydroxyl groups is 1. The van der Waals surface area contributed by atoms with E-state index in [9.17, 15) is 5.11 Å². The van der Waals surface area contributed by atoms with E-state index in [4.69, 9.17) is 4.74 Å². The number of fused-ring (bicyclic) bond motifs is 1. The van der Waals surface area contributed by atoms with Crippen molar-refractivity contribution >= 4 is 0 Å². The van der Waals surface area contributed by atoms with Crippen LogP contribution in [0.3, 0.4) is 0 Å². The molecule has 2 rings (SSSR count). The van der Waals surface area contributed by atoms with Crippen LogP contribution in [0.25, 0.3) is 0 Å². The number of allylic oxidation sites excluding steroid dienone is 5. The normalized spacial score (nSPS) is 42.1. The molecule has 1 fully saturated rings. The number of epoxide rings is 1. The van der Waals surface area contributed by atoms with Gasteiger partial charge in [-0.3, -0.25) is 0 Å². The summed E-state index contributed by atoms with van der Waals surface area (Å²) >= 11 is 0. The van der Waals surface area contributed by atoms with Crippen LogP contribution >= 0.6 is 0 Å². The van der Waals surface area contributed by atoms with E-state index in [-0.39, 0.29) is 11.7 Å². The van der Waals surface area contributed by atoms with Crippen LogP contribution in [0.15, 0.2) is 35.5 Å². The summed E-state index contributed by atoms with van der Waals surface area (Å²) in [5, 5.41) is 10.6. The molecule has 0 aromatic rings. The van der Waals surface area contributed by atoms with Crippen molar-refractivity contribution in [2.75, 3.05) is 0 Å². The molecule has 124 valence electrons. The number of aliphatic hydroxyl groups excluding tert-OH is 1. The number of hydrogen-bond donors (Lipinski definition) is 1. The van der Waals surface area contributed by atoms with Gasteiger partial charge in [0.15, 0.2) is 0 Å². The molecule has 1 saturated heterocycles. The van der Waals surface area contributed by atoms with Crippen LogP contribution in [0.5, 0.6) is 0 Å². The summed E-state index contributed by atoms with van der Waals surface area (Å²) in [6.07, 6.45) is 10.5. The van der Waals surface area contributed by atoms with Gasteiger partial charge in [-0.25, -0.2) is 0 Å². The topological polar surface area (TPSA) is 32.8 Å². The van der Waals surface area contributed by atoms with Crippen molar-refractivity contribution < 1.29 is 9.84 Å². The molecule has 1 N–H and O–H groups in total. The van der Waals surface area contributed by atoms with Crippen LogP contribution in [-0.2, 0) is 4.74 Å². The zero-order chi connectivity index (χ0) is 16.3. The fourth-order valence-corrected chi connectivity index (χ4v) is 3.37. The lowest BCUT2D eigenvalue weighted by molar-refractivity contribution is 0.0672. The largest absolute Gasteiger partial charge is 0.390 e. The van der Waals surface area contributed by atoms with Gasteiger partial charge < -0.3 is 9.84 Å². The Kier molecular flexibility index (Phi) is 5.68. The average Bonchev–Trinajstić information content (AvgIpc) is 3.12. The Morgan fingerprint density at radius 3 is 2.64 bits per heavy atom. The molecule has 22 heavy (non-hydrogen) atoms. The first kappa shape index (κ1) is 17.5. The lowest BCUT2D eigenvalue weighted by Gasteiger charge is -2.23. The van der Waals surface area contributed by atoms with E-state index in [1.165, 1.54) is 11.1 Å². The van der Waals surface area contributed by atoms with Gasteiger partial charge in [0, 0.05) is 0 Å². The summed E-state index contributed by atoms with van der Waals surface area (Å²) in [4.78, 5) is 0. The van der Waals surface area contributed by atoms with E-state index in [1.54, 1.807) is 0 Å². The molecule has 1 aliphatic heterocycles. The molecule has 2 nitrogen and oxygen atoms in total. The minimum absolute atomic E-state index is 0.205. The Morgan fingerprint density at radius 1 is 1.27 bits per heavy atom. The molecular weight excluding hydrogens is 272 g/mol. The Labute approximate surface area is 136 Å². The molecule has 1 heterocycles. The van der Waals surface area contributed by atoms with Crippen molar-refractivity contribution in [2.24, 2.45) is 5.92 Å². The molecular formula is C20H32O2. The van der Waals surface area contributed by atoms with E-state index < -0.39 is 6.10 Å². The van der Waals surface area contributed by atoms with Crippen LogP contribution in [0.4, 0.5) is 0 Å². The standard InChI is InChI=1S/C20H32O2/c1-14(2)17-11-9-15(3)7-6-8-16(4)10-12-19-20(5,22-19)18(21)13-17/h8-9,17-19,21H,1,6-7,10-13H2,2-5H3/b15-9+,16-8+/t17-,18-,19+,20+/m0/s1. The summed E-state index contributed by atoms with van der Waals surface area (Å²) in [6, 6.07) is 0. The second kappa shape index (κ2) is 7.14. The Bertz CT molecular complexity index is 474. The van der Waals surface area contributed by atoms with Gasteiger partial charge in [0.05, 0.1) is 12.2 Å². The van der Waals surface area contributed by atoms with E-state index >= 15 is 0 Å². The van der Waals surface area contributed by atoms with Gasteiger partial charge >= 0.3 is 0 Å². The zero-order valence-electron chi connectivity index (χ0n) is 14.7. The highest BCUT2D eigenvalue weighted by Crippen LogP contribution is 2.45. The fourth-order valence-electron chi connectivity index (χ4n) is 3.37. The first-order chi connectivity index (χ1) is 10.3. The minimum Gasteiger partial charge on any atom is -0.390 e. The molecule has 0 saturated carbocycles. The van der Waals surface area contributed by atoms with Crippen molar-refractivity contribution in [2.45, 2.75) is 84.0 Å². The summed E-state index contributed by atoms with van der Waals surface area (Å²) in [6.45, 7) is 12.7. The maximum absolute atomic E-state index is 10.6. The van der Waals surface area contributed by atoms with Crippen molar-refractivity contribution in [3.8, 4) is 0 Å². The molecule has 0 aromatic heterocycles. The Hall–Kier alpha value is -0.860. The maximum Gasteiger partial charge on any atom is 0.118 e. The predicted molar refractivity (Wildman–Crippen MR) is 92.8 cm³/mol. The zero-order valence-corrected chi connectivity index (χ0v) is 14.7. The van der Waals surface area contributed by atoms with Crippen LogP contribution in [-0.4, -0.2) is 22.9 Å². The molecule has 2 aliphatic rings. The average molecular weight is 304 g/mol. The fraction of sp³-hybridized carbons (Fsp3) is 0.700. The number of rotatable bonds is 1. The SMILES string of the molecule is C=C(C)[C@H]1C/C=C(\C)CC/C=C(\C)CC[C@H]2O[C@]2(C)[C@@H](O)C1. The summed E-state index contributed by atoms with van der Waals surface area (Å²) in [5.41, 5.74) is 3.69. The van der Waals surface area contributed by atoms with E-state index in [0.717, 1.165) is 44.1 Å². The second-order valence-corrected chi connectivity index (χ2v) is 7.50. The summed E-state index contributed by atoms with van der Waals surface area (Å²) in [5.74, 6) is 0.340.